The molecule has 1 unspecified atom stereocenters. The van der Waals surface area contributed by atoms with Gasteiger partial charge >= 0.3 is 0 Å². The van der Waals surface area contributed by atoms with Crippen LogP contribution in [0.4, 0.5) is 0 Å². The summed E-state index contributed by atoms with van der Waals surface area (Å²) in [5.41, 5.74) is 2.25. The van der Waals surface area contributed by atoms with Gasteiger partial charge in [-0.1, -0.05) is 18.2 Å². The standard InChI is InChI=1S/C20H21N5O2/c26-20(18-8-1-2-9-19(18)25-15-21-14-23-25)24-11-5-7-17(12-24)27-13-16-6-3-4-10-22-16/h1-4,6,8-10,14-15,17H,5,7,11-13H2. The molecule has 1 amide bonds. The second kappa shape index (κ2) is 8.09. The van der Waals surface area contributed by atoms with Crippen molar-refractivity contribution in [3.63, 3.8) is 0 Å². The molecule has 3 heterocycles. The van der Waals surface area contributed by atoms with Gasteiger partial charge in [-0.25, -0.2) is 9.67 Å². The largest absolute Gasteiger partial charge is 0.370 e. The Balaban J connectivity index is 1.45. The van der Waals surface area contributed by atoms with E-state index in [1.807, 2.05) is 47.4 Å². The Morgan fingerprint density at radius 3 is 2.89 bits per heavy atom. The number of rotatable bonds is 5. The number of likely N-dealkylation sites (tertiary alicyclic amines) is 1. The van der Waals surface area contributed by atoms with E-state index in [1.54, 1.807) is 17.2 Å². The first-order chi connectivity index (χ1) is 13.3. The molecule has 1 saturated heterocycles. The monoisotopic (exact) mass is 363 g/mol. The molecule has 7 nitrogen and oxygen atoms in total. The van der Waals surface area contributed by atoms with E-state index in [1.165, 1.54) is 6.33 Å². The molecule has 0 bridgehead atoms. The maximum atomic E-state index is 13.1. The number of carbonyl (C=O) groups excluding carboxylic acids is 1. The van der Waals surface area contributed by atoms with Gasteiger partial charge in [0.05, 0.1) is 29.7 Å². The fourth-order valence-corrected chi connectivity index (χ4v) is 3.30. The molecule has 2 aromatic heterocycles. The number of nitrogens with zero attached hydrogens (tertiary/aromatic N) is 5. The molecule has 1 aliphatic heterocycles. The average Bonchev–Trinajstić information content (AvgIpc) is 3.27. The van der Waals surface area contributed by atoms with Crippen molar-refractivity contribution in [2.75, 3.05) is 13.1 Å². The fraction of sp³-hybridized carbons (Fsp3) is 0.300. The summed E-state index contributed by atoms with van der Waals surface area (Å²) in [6, 6.07) is 13.2. The Kier molecular flexibility index (Phi) is 5.20. The Morgan fingerprint density at radius 1 is 1.19 bits per heavy atom. The number of hydrogen-bond donors (Lipinski definition) is 0. The highest BCUT2D eigenvalue weighted by molar-refractivity contribution is 5.97. The van der Waals surface area contributed by atoms with Gasteiger partial charge in [0, 0.05) is 19.3 Å². The van der Waals surface area contributed by atoms with Crippen LogP contribution in [-0.4, -0.2) is 49.7 Å². The molecule has 1 aliphatic rings. The molecule has 1 fully saturated rings. The number of pyridine rings is 1. The summed E-state index contributed by atoms with van der Waals surface area (Å²) in [7, 11) is 0. The molecule has 0 aliphatic carbocycles. The molecule has 0 spiro atoms. The van der Waals surface area contributed by atoms with Crippen molar-refractivity contribution >= 4 is 5.91 Å². The van der Waals surface area contributed by atoms with Crippen LogP contribution >= 0.6 is 0 Å². The minimum absolute atomic E-state index is 0.00719. The molecule has 0 radical (unpaired) electrons. The first kappa shape index (κ1) is 17.4. The smallest absolute Gasteiger partial charge is 0.256 e. The van der Waals surface area contributed by atoms with Gasteiger partial charge in [-0.2, -0.15) is 5.10 Å². The van der Waals surface area contributed by atoms with Gasteiger partial charge in [0.25, 0.3) is 5.91 Å². The molecule has 1 atom stereocenters. The van der Waals surface area contributed by atoms with Gasteiger partial charge < -0.3 is 9.64 Å². The molecular weight excluding hydrogens is 342 g/mol. The number of benzene rings is 1. The fourth-order valence-electron chi connectivity index (χ4n) is 3.30. The average molecular weight is 363 g/mol. The van der Waals surface area contributed by atoms with Crippen LogP contribution in [0.25, 0.3) is 5.69 Å². The van der Waals surface area contributed by atoms with Crippen LogP contribution < -0.4 is 0 Å². The van der Waals surface area contributed by atoms with E-state index < -0.39 is 0 Å². The van der Waals surface area contributed by atoms with E-state index in [-0.39, 0.29) is 12.0 Å². The lowest BCUT2D eigenvalue weighted by Gasteiger charge is -2.33. The predicted octanol–water partition coefficient (Wildman–Crippen LogP) is 2.48. The first-order valence-corrected chi connectivity index (χ1v) is 9.06. The Morgan fingerprint density at radius 2 is 2.07 bits per heavy atom. The van der Waals surface area contributed by atoms with Crippen molar-refractivity contribution in [1.29, 1.82) is 0 Å². The van der Waals surface area contributed by atoms with Crippen molar-refractivity contribution in [1.82, 2.24) is 24.6 Å². The van der Waals surface area contributed by atoms with E-state index in [4.69, 9.17) is 4.74 Å². The lowest BCUT2D eigenvalue weighted by molar-refractivity contribution is -0.00785. The number of piperidine rings is 1. The quantitative estimate of drug-likeness (QED) is 0.696. The number of aromatic nitrogens is 4. The SMILES string of the molecule is O=C(c1ccccc1-n1cncn1)N1CCCC(OCc2ccccn2)C1. The van der Waals surface area contributed by atoms with E-state index in [0.29, 0.717) is 18.7 Å². The van der Waals surface area contributed by atoms with E-state index >= 15 is 0 Å². The molecule has 27 heavy (non-hydrogen) atoms. The predicted molar refractivity (Wildman–Crippen MR) is 99.3 cm³/mol. The molecule has 0 saturated carbocycles. The first-order valence-electron chi connectivity index (χ1n) is 9.06. The maximum absolute atomic E-state index is 13.1. The summed E-state index contributed by atoms with van der Waals surface area (Å²) >= 11 is 0. The van der Waals surface area contributed by atoms with Gasteiger partial charge in [-0.3, -0.25) is 9.78 Å². The lowest BCUT2D eigenvalue weighted by atomic mass is 10.1. The van der Waals surface area contributed by atoms with Crippen molar-refractivity contribution in [3.05, 3.63) is 72.6 Å². The number of hydrogen-bond acceptors (Lipinski definition) is 5. The van der Waals surface area contributed by atoms with E-state index in [9.17, 15) is 4.79 Å². The van der Waals surface area contributed by atoms with Crippen LogP contribution in [0.15, 0.2) is 61.3 Å². The Labute approximate surface area is 157 Å². The zero-order valence-corrected chi connectivity index (χ0v) is 14.9. The summed E-state index contributed by atoms with van der Waals surface area (Å²) in [5, 5.41) is 4.16. The minimum atomic E-state index is -0.00719. The third kappa shape index (κ3) is 4.03. The third-order valence-electron chi connectivity index (χ3n) is 4.66. The summed E-state index contributed by atoms with van der Waals surface area (Å²) in [5.74, 6) is -0.00719. The van der Waals surface area contributed by atoms with Crippen molar-refractivity contribution in [3.8, 4) is 5.69 Å². The number of carbonyl (C=O) groups is 1. The van der Waals surface area contributed by atoms with Crippen molar-refractivity contribution in [2.45, 2.75) is 25.6 Å². The molecule has 0 N–H and O–H groups in total. The zero-order valence-electron chi connectivity index (χ0n) is 14.9. The van der Waals surface area contributed by atoms with Crippen LogP contribution in [0.3, 0.4) is 0 Å². The van der Waals surface area contributed by atoms with Crippen molar-refractivity contribution in [2.24, 2.45) is 0 Å². The zero-order chi connectivity index (χ0) is 18.5. The Hall–Kier alpha value is -3.06. The van der Waals surface area contributed by atoms with Crippen LogP contribution in [0.1, 0.15) is 28.9 Å². The highest BCUT2D eigenvalue weighted by Gasteiger charge is 2.26. The highest BCUT2D eigenvalue weighted by Crippen LogP contribution is 2.20. The minimum Gasteiger partial charge on any atom is -0.370 e. The van der Waals surface area contributed by atoms with Crippen LogP contribution in [-0.2, 0) is 11.3 Å². The van der Waals surface area contributed by atoms with Gasteiger partial charge in [0.15, 0.2) is 0 Å². The van der Waals surface area contributed by atoms with Gasteiger partial charge in [0.2, 0.25) is 0 Å². The Bertz CT molecular complexity index is 882. The second-order valence-electron chi connectivity index (χ2n) is 6.50. The molecule has 7 heteroatoms. The van der Waals surface area contributed by atoms with Crippen molar-refractivity contribution < 1.29 is 9.53 Å². The summed E-state index contributed by atoms with van der Waals surface area (Å²) in [4.78, 5) is 23.3. The second-order valence-corrected chi connectivity index (χ2v) is 6.50. The molecule has 138 valence electrons. The van der Waals surface area contributed by atoms with E-state index in [2.05, 4.69) is 15.1 Å². The molecule has 1 aromatic carbocycles. The normalized spacial score (nSPS) is 17.0. The van der Waals surface area contributed by atoms with Crippen LogP contribution in [0.2, 0.25) is 0 Å². The summed E-state index contributed by atoms with van der Waals surface area (Å²) in [6.45, 7) is 1.77. The number of para-hydroxylation sites is 1. The van der Waals surface area contributed by atoms with Gasteiger partial charge in [0.1, 0.15) is 12.7 Å². The number of amides is 1. The summed E-state index contributed by atoms with van der Waals surface area (Å²) < 4.78 is 7.62. The topological polar surface area (TPSA) is 73.1 Å². The summed E-state index contributed by atoms with van der Waals surface area (Å²) in [6.07, 6.45) is 6.70. The van der Waals surface area contributed by atoms with Gasteiger partial charge in [-0.05, 0) is 37.1 Å². The highest BCUT2D eigenvalue weighted by atomic mass is 16.5. The maximum Gasteiger partial charge on any atom is 0.256 e. The van der Waals surface area contributed by atoms with E-state index in [0.717, 1.165) is 30.8 Å². The van der Waals surface area contributed by atoms with Gasteiger partial charge in [-0.15, -0.1) is 0 Å². The molecular formula is C20H21N5O2. The lowest BCUT2D eigenvalue weighted by Crippen LogP contribution is -2.43. The van der Waals surface area contributed by atoms with Crippen LogP contribution in [0.5, 0.6) is 0 Å². The molecule has 4 rings (SSSR count). The molecule has 3 aromatic rings. The number of ether oxygens (including phenoxy) is 1. The van der Waals surface area contributed by atoms with Crippen LogP contribution in [0, 0.1) is 0 Å². The third-order valence-corrected chi connectivity index (χ3v) is 4.66.